The molecule has 0 atom stereocenters. The van der Waals surface area contributed by atoms with Crippen LogP contribution in [0.15, 0.2) is 30.3 Å². The molecule has 5 heteroatoms. The Morgan fingerprint density at radius 2 is 1.78 bits per heavy atom. The first-order chi connectivity index (χ1) is 10.8. The van der Waals surface area contributed by atoms with Gasteiger partial charge in [-0.1, -0.05) is 45.4 Å². The summed E-state index contributed by atoms with van der Waals surface area (Å²) in [6.07, 6.45) is 0.745. The minimum atomic E-state index is -0.0255. The SMILES string of the molecule is CCc1cc(C(C)(C)C)cc(-n2nc3ccc(Cl)cc3n2)c1O. The van der Waals surface area contributed by atoms with Crippen molar-refractivity contribution in [3.63, 3.8) is 0 Å². The Bertz CT molecular complexity index is 878. The number of benzene rings is 2. The number of aryl methyl sites for hydroxylation is 1. The van der Waals surface area contributed by atoms with Crippen molar-refractivity contribution in [1.82, 2.24) is 15.0 Å². The Hall–Kier alpha value is -2.07. The molecule has 0 amide bonds. The van der Waals surface area contributed by atoms with Gasteiger partial charge in [0.1, 0.15) is 22.5 Å². The molecular weight excluding hydrogens is 310 g/mol. The number of fused-ring (bicyclic) bond motifs is 1. The zero-order valence-electron chi connectivity index (χ0n) is 13.8. The largest absolute Gasteiger partial charge is 0.505 e. The smallest absolute Gasteiger partial charge is 0.146 e. The van der Waals surface area contributed by atoms with Crippen molar-refractivity contribution in [3.05, 3.63) is 46.5 Å². The van der Waals surface area contributed by atoms with Gasteiger partial charge in [0.2, 0.25) is 0 Å². The predicted molar refractivity (Wildman–Crippen MR) is 93.6 cm³/mol. The maximum atomic E-state index is 10.6. The molecule has 0 radical (unpaired) electrons. The molecule has 120 valence electrons. The standard InChI is InChI=1S/C18H20ClN3O/c1-5-11-8-12(18(2,3)4)9-16(17(11)23)22-20-14-7-6-13(19)10-15(14)21-22/h6-10,23H,5H2,1-4H3. The molecule has 0 aliphatic carbocycles. The molecule has 3 rings (SSSR count). The van der Waals surface area contributed by atoms with Crippen molar-refractivity contribution in [1.29, 1.82) is 0 Å². The maximum absolute atomic E-state index is 10.6. The average Bonchev–Trinajstić information content (AvgIpc) is 2.88. The van der Waals surface area contributed by atoms with Crippen molar-refractivity contribution in [2.75, 3.05) is 0 Å². The quantitative estimate of drug-likeness (QED) is 0.745. The highest BCUT2D eigenvalue weighted by molar-refractivity contribution is 6.31. The number of aromatic hydroxyl groups is 1. The lowest BCUT2D eigenvalue weighted by atomic mass is 9.85. The van der Waals surface area contributed by atoms with Gasteiger partial charge in [0.05, 0.1) is 0 Å². The molecule has 1 N–H and O–H groups in total. The van der Waals surface area contributed by atoms with Crippen molar-refractivity contribution in [3.8, 4) is 11.4 Å². The van der Waals surface area contributed by atoms with E-state index in [1.54, 1.807) is 12.1 Å². The summed E-state index contributed by atoms with van der Waals surface area (Å²) in [5, 5.41) is 20.1. The van der Waals surface area contributed by atoms with E-state index in [2.05, 4.69) is 37.0 Å². The molecule has 0 spiro atoms. The van der Waals surface area contributed by atoms with Gasteiger partial charge in [0.25, 0.3) is 0 Å². The summed E-state index contributed by atoms with van der Waals surface area (Å²) in [5.41, 5.74) is 4.06. The second kappa shape index (κ2) is 5.53. The zero-order valence-corrected chi connectivity index (χ0v) is 14.5. The second-order valence-electron chi connectivity index (χ2n) is 6.73. The fourth-order valence-electron chi connectivity index (χ4n) is 2.53. The van der Waals surface area contributed by atoms with Crippen LogP contribution in [0.1, 0.15) is 38.8 Å². The van der Waals surface area contributed by atoms with Gasteiger partial charge < -0.3 is 5.11 Å². The molecule has 23 heavy (non-hydrogen) atoms. The Balaban J connectivity index is 2.24. The summed E-state index contributed by atoms with van der Waals surface area (Å²) in [7, 11) is 0. The molecule has 0 saturated heterocycles. The van der Waals surface area contributed by atoms with E-state index in [1.165, 1.54) is 4.80 Å². The molecule has 2 aromatic carbocycles. The molecule has 0 aliphatic heterocycles. The Kier molecular flexibility index (Phi) is 3.80. The van der Waals surface area contributed by atoms with Crippen molar-refractivity contribution >= 4 is 22.6 Å². The molecule has 3 aromatic rings. The third-order valence-corrected chi connectivity index (χ3v) is 4.21. The highest BCUT2D eigenvalue weighted by Crippen LogP contribution is 2.33. The molecule has 1 heterocycles. The fourth-order valence-corrected chi connectivity index (χ4v) is 2.69. The Morgan fingerprint density at radius 1 is 1.09 bits per heavy atom. The fraction of sp³-hybridized carbons (Fsp3) is 0.333. The van der Waals surface area contributed by atoms with Crippen LogP contribution >= 0.6 is 11.6 Å². The first kappa shape index (κ1) is 15.8. The van der Waals surface area contributed by atoms with E-state index in [0.717, 1.165) is 23.1 Å². The second-order valence-corrected chi connectivity index (χ2v) is 7.17. The van der Waals surface area contributed by atoms with Crippen molar-refractivity contribution < 1.29 is 5.11 Å². The molecule has 0 bridgehead atoms. The van der Waals surface area contributed by atoms with Crippen LogP contribution in [0.5, 0.6) is 5.75 Å². The lowest BCUT2D eigenvalue weighted by molar-refractivity contribution is 0.459. The van der Waals surface area contributed by atoms with Crippen LogP contribution < -0.4 is 0 Å². The van der Waals surface area contributed by atoms with Crippen LogP contribution in [0.4, 0.5) is 0 Å². The van der Waals surface area contributed by atoms with Crippen LogP contribution in [-0.4, -0.2) is 20.1 Å². The number of nitrogens with zero attached hydrogens (tertiary/aromatic N) is 3. The average molecular weight is 330 g/mol. The number of phenolic OH excluding ortho intramolecular Hbond substituents is 1. The van der Waals surface area contributed by atoms with Crippen molar-refractivity contribution in [2.24, 2.45) is 0 Å². The van der Waals surface area contributed by atoms with Gasteiger partial charge in [0.15, 0.2) is 0 Å². The Morgan fingerprint density at radius 3 is 2.43 bits per heavy atom. The van der Waals surface area contributed by atoms with Crippen LogP contribution in [0.2, 0.25) is 5.02 Å². The summed E-state index contributed by atoms with van der Waals surface area (Å²) in [5.74, 6) is 0.229. The topological polar surface area (TPSA) is 50.9 Å². The van der Waals surface area contributed by atoms with Crippen LogP contribution in [0, 0.1) is 0 Å². The van der Waals surface area contributed by atoms with Crippen LogP contribution in [0.3, 0.4) is 0 Å². The highest BCUT2D eigenvalue weighted by atomic mass is 35.5. The highest BCUT2D eigenvalue weighted by Gasteiger charge is 2.20. The van der Waals surface area contributed by atoms with E-state index in [-0.39, 0.29) is 11.2 Å². The third kappa shape index (κ3) is 2.91. The van der Waals surface area contributed by atoms with E-state index in [9.17, 15) is 5.11 Å². The summed E-state index contributed by atoms with van der Waals surface area (Å²) in [6.45, 7) is 8.47. The third-order valence-electron chi connectivity index (χ3n) is 3.97. The van der Waals surface area contributed by atoms with Gasteiger partial charge in [-0.05, 0) is 47.2 Å². The number of hydrogen-bond donors (Lipinski definition) is 1. The van der Waals surface area contributed by atoms with Crippen LogP contribution in [-0.2, 0) is 11.8 Å². The summed E-state index contributed by atoms with van der Waals surface area (Å²) < 4.78 is 0. The minimum absolute atomic E-state index is 0.0255. The first-order valence-corrected chi connectivity index (χ1v) is 8.06. The maximum Gasteiger partial charge on any atom is 0.146 e. The predicted octanol–water partition coefficient (Wildman–Crippen LogP) is 4.64. The normalized spacial score (nSPS) is 12.0. The molecule has 0 fully saturated rings. The van der Waals surface area contributed by atoms with E-state index < -0.39 is 0 Å². The molecule has 4 nitrogen and oxygen atoms in total. The van der Waals surface area contributed by atoms with Gasteiger partial charge in [-0.25, -0.2) is 0 Å². The molecular formula is C18H20ClN3O. The lowest BCUT2D eigenvalue weighted by Crippen LogP contribution is -2.13. The number of hydrogen-bond acceptors (Lipinski definition) is 3. The lowest BCUT2D eigenvalue weighted by Gasteiger charge is -2.21. The zero-order chi connectivity index (χ0) is 16.8. The van der Waals surface area contributed by atoms with Gasteiger partial charge in [-0.2, -0.15) is 0 Å². The number of rotatable bonds is 2. The van der Waals surface area contributed by atoms with E-state index in [1.807, 2.05) is 19.1 Å². The van der Waals surface area contributed by atoms with Gasteiger partial charge in [-0.15, -0.1) is 15.0 Å². The minimum Gasteiger partial charge on any atom is -0.505 e. The van der Waals surface area contributed by atoms with Gasteiger partial charge in [-0.3, -0.25) is 0 Å². The monoisotopic (exact) mass is 329 g/mol. The molecule has 1 aromatic heterocycles. The summed E-state index contributed by atoms with van der Waals surface area (Å²) in [6, 6.07) is 9.39. The molecule has 0 saturated carbocycles. The van der Waals surface area contributed by atoms with E-state index >= 15 is 0 Å². The van der Waals surface area contributed by atoms with E-state index in [4.69, 9.17) is 11.6 Å². The summed E-state index contributed by atoms with van der Waals surface area (Å²) in [4.78, 5) is 1.49. The van der Waals surface area contributed by atoms with Crippen molar-refractivity contribution in [2.45, 2.75) is 39.5 Å². The molecule has 0 unspecified atom stereocenters. The van der Waals surface area contributed by atoms with Gasteiger partial charge >= 0.3 is 0 Å². The number of phenols is 1. The Labute approximate surface area is 140 Å². The van der Waals surface area contributed by atoms with Crippen LogP contribution in [0.25, 0.3) is 16.7 Å². The van der Waals surface area contributed by atoms with Gasteiger partial charge in [0, 0.05) is 5.02 Å². The first-order valence-electron chi connectivity index (χ1n) is 7.69. The van der Waals surface area contributed by atoms with E-state index in [0.29, 0.717) is 16.2 Å². The molecule has 0 aliphatic rings. The number of aromatic nitrogens is 3. The summed E-state index contributed by atoms with van der Waals surface area (Å²) >= 11 is 6.01. The number of halogens is 1.